The summed E-state index contributed by atoms with van der Waals surface area (Å²) in [5.74, 6) is 0. The number of aryl methyl sites for hydroxylation is 1. The third-order valence-electron chi connectivity index (χ3n) is 2.60. The number of aromatic nitrogens is 6. The molecular weight excluding hydrogens is 252 g/mol. The van der Waals surface area contributed by atoms with Crippen LogP contribution in [0.3, 0.4) is 0 Å². The van der Waals surface area contributed by atoms with Gasteiger partial charge in [0, 0.05) is 12.7 Å². The summed E-state index contributed by atoms with van der Waals surface area (Å²) in [5, 5.41) is 0.186. The first-order chi connectivity index (χ1) is 8.79. The van der Waals surface area contributed by atoms with Crippen LogP contribution in [0.1, 0.15) is 6.92 Å². The second kappa shape index (κ2) is 4.30. The first kappa shape index (κ1) is 11.0. The molecule has 0 amide bonds. The van der Waals surface area contributed by atoms with Crippen LogP contribution in [-0.4, -0.2) is 29.5 Å². The van der Waals surface area contributed by atoms with Gasteiger partial charge in [-0.25, -0.2) is 19.9 Å². The molecule has 0 aliphatic carbocycles. The van der Waals surface area contributed by atoms with Gasteiger partial charge >= 0.3 is 0 Å². The second-order valence-corrected chi connectivity index (χ2v) is 3.98. The summed E-state index contributed by atoms with van der Waals surface area (Å²) in [6.07, 6.45) is 4.84. The highest BCUT2D eigenvalue weighted by Crippen LogP contribution is 2.24. The van der Waals surface area contributed by atoms with Gasteiger partial charge in [-0.05, 0) is 24.6 Å². The maximum absolute atomic E-state index is 5.95. The van der Waals surface area contributed by atoms with Gasteiger partial charge in [0.15, 0.2) is 5.65 Å². The third kappa shape index (κ3) is 1.70. The zero-order chi connectivity index (χ0) is 12.5. The van der Waals surface area contributed by atoms with Crippen molar-refractivity contribution in [3.63, 3.8) is 0 Å². The molecule has 0 N–H and O–H groups in total. The quantitative estimate of drug-likeness (QED) is 0.659. The average molecular weight is 261 g/mol. The molecule has 0 aliphatic heterocycles. The summed E-state index contributed by atoms with van der Waals surface area (Å²) in [6.45, 7) is 2.79. The largest absolute Gasteiger partial charge is 0.315 e. The lowest BCUT2D eigenvalue weighted by Gasteiger charge is -2.02. The van der Waals surface area contributed by atoms with E-state index in [1.54, 1.807) is 18.6 Å². The minimum atomic E-state index is 0.186. The zero-order valence-corrected chi connectivity index (χ0v) is 10.3. The Bertz CT molecular complexity index is 693. The van der Waals surface area contributed by atoms with Gasteiger partial charge in [-0.3, -0.25) is 0 Å². The molecule has 0 aromatic carbocycles. The Labute approximate surface area is 108 Å². The lowest BCUT2D eigenvalue weighted by molar-refractivity contribution is 0.777. The first-order valence-corrected chi connectivity index (χ1v) is 5.82. The molecule has 3 aromatic rings. The van der Waals surface area contributed by atoms with Crippen molar-refractivity contribution >= 4 is 22.8 Å². The highest BCUT2D eigenvalue weighted by Gasteiger charge is 2.14. The van der Waals surface area contributed by atoms with Crippen LogP contribution in [0.2, 0.25) is 5.28 Å². The molecule has 3 heterocycles. The molecule has 90 valence electrons. The Kier molecular flexibility index (Phi) is 2.64. The fourth-order valence-corrected chi connectivity index (χ4v) is 1.92. The van der Waals surface area contributed by atoms with Crippen molar-refractivity contribution in [3.8, 4) is 11.4 Å². The third-order valence-corrected chi connectivity index (χ3v) is 2.77. The predicted molar refractivity (Wildman–Crippen MR) is 67.0 cm³/mol. The van der Waals surface area contributed by atoms with Crippen LogP contribution in [0.5, 0.6) is 0 Å². The minimum absolute atomic E-state index is 0.186. The summed E-state index contributed by atoms with van der Waals surface area (Å²) < 4.78 is 1.91. The van der Waals surface area contributed by atoms with Gasteiger partial charge in [-0.15, -0.1) is 0 Å². The van der Waals surface area contributed by atoms with Gasteiger partial charge in [0.1, 0.15) is 17.5 Å². The van der Waals surface area contributed by atoms with Gasteiger partial charge in [0.2, 0.25) is 5.28 Å². The van der Waals surface area contributed by atoms with E-state index in [4.69, 9.17) is 11.6 Å². The molecule has 3 rings (SSSR count). The molecule has 0 bridgehead atoms. The first-order valence-electron chi connectivity index (χ1n) is 5.44. The molecule has 0 aliphatic rings. The highest BCUT2D eigenvalue weighted by atomic mass is 35.5. The molecular formula is C11H9ClN6. The number of fused-ring (bicyclic) bond motifs is 1. The van der Waals surface area contributed by atoms with E-state index in [0.29, 0.717) is 22.6 Å². The summed E-state index contributed by atoms with van der Waals surface area (Å²) in [4.78, 5) is 20.8. The predicted octanol–water partition coefficient (Wildman–Crippen LogP) is 1.96. The van der Waals surface area contributed by atoms with Crippen LogP contribution >= 0.6 is 11.6 Å². The fourth-order valence-electron chi connectivity index (χ4n) is 1.76. The van der Waals surface area contributed by atoms with E-state index in [1.807, 2.05) is 11.5 Å². The normalized spacial score (nSPS) is 11.0. The Balaban J connectivity index is 2.32. The maximum Gasteiger partial charge on any atom is 0.225 e. The summed E-state index contributed by atoms with van der Waals surface area (Å²) in [5.41, 5.74) is 2.71. The van der Waals surface area contributed by atoms with Gasteiger partial charge in [-0.1, -0.05) is 0 Å². The number of hydrogen-bond acceptors (Lipinski definition) is 5. The fraction of sp³-hybridized carbons (Fsp3) is 0.182. The lowest BCUT2D eigenvalue weighted by Crippen LogP contribution is -1.97. The van der Waals surface area contributed by atoms with Crippen LogP contribution in [0, 0.1) is 0 Å². The highest BCUT2D eigenvalue weighted by molar-refractivity contribution is 6.28. The Morgan fingerprint density at radius 1 is 1.28 bits per heavy atom. The molecule has 0 saturated heterocycles. The molecule has 0 atom stereocenters. The second-order valence-electron chi connectivity index (χ2n) is 3.64. The summed E-state index contributed by atoms with van der Waals surface area (Å²) in [6, 6.07) is 1.77. The SMILES string of the molecule is CCn1cnc2c(-c3ccncn3)nc(Cl)nc21. The van der Waals surface area contributed by atoms with Gasteiger partial charge < -0.3 is 4.57 Å². The molecule has 0 radical (unpaired) electrons. The maximum atomic E-state index is 5.95. The molecule has 0 unspecified atom stereocenters. The van der Waals surface area contributed by atoms with E-state index in [0.717, 1.165) is 6.54 Å². The smallest absolute Gasteiger partial charge is 0.225 e. The monoisotopic (exact) mass is 260 g/mol. The van der Waals surface area contributed by atoms with Crippen LogP contribution in [0.15, 0.2) is 24.9 Å². The topological polar surface area (TPSA) is 69.4 Å². The van der Waals surface area contributed by atoms with Crippen molar-refractivity contribution in [2.75, 3.05) is 0 Å². The standard InChI is InChI=1S/C11H9ClN6/c1-2-18-6-15-9-8(7-3-4-13-5-14-7)16-11(12)17-10(9)18/h3-6H,2H2,1H3. The van der Waals surface area contributed by atoms with E-state index >= 15 is 0 Å². The van der Waals surface area contributed by atoms with Crippen LogP contribution in [0.4, 0.5) is 0 Å². The van der Waals surface area contributed by atoms with Crippen LogP contribution in [0.25, 0.3) is 22.6 Å². The summed E-state index contributed by atoms with van der Waals surface area (Å²) in [7, 11) is 0. The minimum Gasteiger partial charge on any atom is -0.315 e. The van der Waals surface area contributed by atoms with E-state index < -0.39 is 0 Å². The number of rotatable bonds is 2. The Morgan fingerprint density at radius 2 is 2.17 bits per heavy atom. The van der Waals surface area contributed by atoms with Crippen molar-refractivity contribution in [3.05, 3.63) is 30.2 Å². The molecule has 3 aromatic heterocycles. The Hall–Kier alpha value is -2.08. The van der Waals surface area contributed by atoms with E-state index in [-0.39, 0.29) is 5.28 Å². The Morgan fingerprint density at radius 3 is 2.89 bits per heavy atom. The zero-order valence-electron chi connectivity index (χ0n) is 9.58. The van der Waals surface area contributed by atoms with Crippen LogP contribution in [-0.2, 0) is 6.54 Å². The molecule has 18 heavy (non-hydrogen) atoms. The number of halogens is 1. The van der Waals surface area contributed by atoms with Gasteiger partial charge in [-0.2, -0.15) is 4.98 Å². The van der Waals surface area contributed by atoms with Crippen molar-refractivity contribution in [1.29, 1.82) is 0 Å². The summed E-state index contributed by atoms with van der Waals surface area (Å²) >= 11 is 5.95. The van der Waals surface area contributed by atoms with E-state index in [2.05, 4.69) is 24.9 Å². The van der Waals surface area contributed by atoms with E-state index in [1.165, 1.54) is 6.33 Å². The lowest BCUT2D eigenvalue weighted by atomic mass is 10.2. The van der Waals surface area contributed by atoms with Gasteiger partial charge in [0.05, 0.1) is 12.0 Å². The molecule has 0 saturated carbocycles. The van der Waals surface area contributed by atoms with Crippen molar-refractivity contribution in [2.24, 2.45) is 0 Å². The molecule has 6 nitrogen and oxygen atoms in total. The van der Waals surface area contributed by atoms with Crippen molar-refractivity contribution in [1.82, 2.24) is 29.5 Å². The molecule has 7 heteroatoms. The van der Waals surface area contributed by atoms with Crippen molar-refractivity contribution < 1.29 is 0 Å². The number of imidazole rings is 1. The number of nitrogens with zero attached hydrogens (tertiary/aromatic N) is 6. The average Bonchev–Trinajstić information content (AvgIpc) is 2.81. The van der Waals surface area contributed by atoms with Crippen LogP contribution < -0.4 is 0 Å². The van der Waals surface area contributed by atoms with E-state index in [9.17, 15) is 0 Å². The number of hydrogen-bond donors (Lipinski definition) is 0. The molecule has 0 spiro atoms. The van der Waals surface area contributed by atoms with Gasteiger partial charge in [0.25, 0.3) is 0 Å². The van der Waals surface area contributed by atoms with Crippen molar-refractivity contribution in [2.45, 2.75) is 13.5 Å². The molecule has 0 fully saturated rings.